The van der Waals surface area contributed by atoms with Crippen molar-refractivity contribution in [3.63, 3.8) is 0 Å². The molecule has 4 fully saturated rings. The molecule has 29 heavy (non-hydrogen) atoms. The van der Waals surface area contributed by atoms with Crippen LogP contribution in [0.2, 0.25) is 0 Å². The Labute approximate surface area is 188 Å². The van der Waals surface area contributed by atoms with Gasteiger partial charge in [0.1, 0.15) is 0 Å². The van der Waals surface area contributed by atoms with Gasteiger partial charge in [-0.25, -0.2) is 0 Å². The molecule has 0 aromatic carbocycles. The van der Waals surface area contributed by atoms with E-state index < -0.39 is 0 Å². The highest BCUT2D eigenvalue weighted by atomic mass is 35.5. The third kappa shape index (κ3) is 4.18. The quantitative estimate of drug-likeness (QED) is 0.478. The van der Waals surface area contributed by atoms with Crippen LogP contribution in [0.4, 0.5) is 0 Å². The van der Waals surface area contributed by atoms with E-state index in [9.17, 15) is 0 Å². The van der Waals surface area contributed by atoms with Crippen molar-refractivity contribution < 1.29 is 0 Å². The highest BCUT2D eigenvalue weighted by Gasteiger charge is 2.60. The average Bonchev–Trinajstić information content (AvgIpc) is 2.99. The summed E-state index contributed by atoms with van der Waals surface area (Å²) in [5.74, 6) is 6.79. The van der Waals surface area contributed by atoms with Crippen molar-refractivity contribution in [1.29, 1.82) is 0 Å². The van der Waals surface area contributed by atoms with Crippen molar-refractivity contribution in [3.8, 4) is 0 Å². The van der Waals surface area contributed by atoms with Crippen LogP contribution in [0.3, 0.4) is 0 Å². The van der Waals surface area contributed by atoms with Crippen LogP contribution in [0.25, 0.3) is 0 Å². The molecule has 0 heterocycles. The zero-order valence-electron chi connectivity index (χ0n) is 20.1. The minimum atomic E-state index is 0. The van der Waals surface area contributed by atoms with Crippen molar-refractivity contribution in [1.82, 2.24) is 0 Å². The third-order valence-electron chi connectivity index (χ3n) is 10.9. The molecule has 0 amide bonds. The summed E-state index contributed by atoms with van der Waals surface area (Å²) < 4.78 is 0. The van der Waals surface area contributed by atoms with Gasteiger partial charge >= 0.3 is 0 Å². The van der Waals surface area contributed by atoms with Gasteiger partial charge in [-0.05, 0) is 110 Å². The Morgan fingerprint density at radius 3 is 2.24 bits per heavy atom. The molecule has 0 saturated heterocycles. The first kappa shape index (κ1) is 23.9. The fraction of sp³-hybridized carbons (Fsp3) is 1.00. The lowest BCUT2D eigenvalue weighted by atomic mass is 9.44. The molecule has 0 aromatic rings. The van der Waals surface area contributed by atoms with Crippen LogP contribution in [0.15, 0.2) is 0 Å². The SMILES string of the molecule is CC(C)CCC[C@@H](C)[C@H]1CC[C@H]2[C@@H]3CC[C@H]4C[C@@H](N)CC[C@]4(C)[C@H]3CC[C@]12C.Cl. The van der Waals surface area contributed by atoms with Crippen LogP contribution in [-0.4, -0.2) is 6.04 Å². The first-order valence-electron chi connectivity index (χ1n) is 13.0. The van der Waals surface area contributed by atoms with Crippen molar-refractivity contribution in [2.45, 2.75) is 118 Å². The maximum atomic E-state index is 6.39. The lowest BCUT2D eigenvalue weighted by Crippen LogP contribution is -2.54. The summed E-state index contributed by atoms with van der Waals surface area (Å²) in [6, 6.07) is 0.492. The molecule has 0 aromatic heterocycles. The molecule has 0 spiro atoms. The zero-order valence-corrected chi connectivity index (χ0v) is 20.9. The van der Waals surface area contributed by atoms with Crippen LogP contribution in [-0.2, 0) is 0 Å². The van der Waals surface area contributed by atoms with Gasteiger partial charge in [-0.2, -0.15) is 0 Å². The predicted octanol–water partition coefficient (Wildman–Crippen LogP) is 7.86. The van der Waals surface area contributed by atoms with Gasteiger partial charge in [-0.3, -0.25) is 0 Å². The smallest absolute Gasteiger partial charge is 0.00418 e. The lowest BCUT2D eigenvalue weighted by Gasteiger charge is -2.61. The number of halogens is 1. The number of hydrogen-bond donors (Lipinski definition) is 1. The Bertz CT molecular complexity index is 547. The van der Waals surface area contributed by atoms with Gasteiger partial charge in [0.25, 0.3) is 0 Å². The van der Waals surface area contributed by atoms with Gasteiger partial charge in [0.05, 0.1) is 0 Å². The summed E-state index contributed by atoms with van der Waals surface area (Å²) in [6.45, 7) is 12.8. The normalized spacial score (nSPS) is 47.7. The second-order valence-electron chi connectivity index (χ2n) is 12.7. The van der Waals surface area contributed by atoms with E-state index in [1.807, 2.05) is 0 Å². The molecular weight excluding hydrogens is 374 g/mol. The molecule has 1 nitrogen and oxygen atoms in total. The van der Waals surface area contributed by atoms with Crippen LogP contribution < -0.4 is 5.73 Å². The van der Waals surface area contributed by atoms with E-state index >= 15 is 0 Å². The number of nitrogens with two attached hydrogens (primary N) is 1. The van der Waals surface area contributed by atoms with Crippen LogP contribution in [0.5, 0.6) is 0 Å². The van der Waals surface area contributed by atoms with Gasteiger partial charge in [0, 0.05) is 6.04 Å². The van der Waals surface area contributed by atoms with E-state index in [-0.39, 0.29) is 12.4 Å². The van der Waals surface area contributed by atoms with Crippen molar-refractivity contribution in [3.05, 3.63) is 0 Å². The summed E-state index contributed by atoms with van der Waals surface area (Å²) in [4.78, 5) is 0. The Hall–Kier alpha value is 0.250. The number of fused-ring (bicyclic) bond motifs is 5. The second-order valence-corrected chi connectivity index (χ2v) is 12.7. The fourth-order valence-corrected chi connectivity index (χ4v) is 9.32. The predicted molar refractivity (Wildman–Crippen MR) is 128 cm³/mol. The van der Waals surface area contributed by atoms with Gasteiger partial charge < -0.3 is 5.73 Å². The van der Waals surface area contributed by atoms with Gasteiger partial charge in [-0.1, -0.05) is 53.9 Å². The molecule has 4 aliphatic carbocycles. The van der Waals surface area contributed by atoms with Crippen molar-refractivity contribution >= 4 is 12.4 Å². The van der Waals surface area contributed by atoms with E-state index in [0.717, 1.165) is 41.4 Å². The van der Waals surface area contributed by atoms with E-state index in [4.69, 9.17) is 5.73 Å². The Morgan fingerprint density at radius 1 is 0.828 bits per heavy atom. The number of hydrogen-bond acceptors (Lipinski definition) is 1. The molecule has 170 valence electrons. The van der Waals surface area contributed by atoms with Crippen LogP contribution in [0, 0.1) is 52.3 Å². The molecule has 4 rings (SSSR count). The van der Waals surface area contributed by atoms with Crippen molar-refractivity contribution in [2.75, 3.05) is 0 Å². The largest absolute Gasteiger partial charge is 0.328 e. The molecule has 4 aliphatic rings. The van der Waals surface area contributed by atoms with Gasteiger partial charge in [0.2, 0.25) is 0 Å². The summed E-state index contributed by atoms with van der Waals surface area (Å²) in [7, 11) is 0. The molecular formula is C27H50ClN. The molecule has 4 saturated carbocycles. The fourth-order valence-electron chi connectivity index (χ4n) is 9.32. The lowest BCUT2D eigenvalue weighted by molar-refractivity contribution is -0.116. The third-order valence-corrected chi connectivity index (χ3v) is 10.9. The Kier molecular flexibility index (Phi) is 7.43. The van der Waals surface area contributed by atoms with E-state index in [2.05, 4.69) is 34.6 Å². The minimum absolute atomic E-state index is 0. The maximum Gasteiger partial charge on any atom is 0.00418 e. The topological polar surface area (TPSA) is 26.0 Å². The molecule has 0 aliphatic heterocycles. The molecule has 2 N–H and O–H groups in total. The molecule has 0 unspecified atom stereocenters. The zero-order chi connectivity index (χ0) is 20.1. The molecule has 0 bridgehead atoms. The van der Waals surface area contributed by atoms with Crippen LogP contribution in [0.1, 0.15) is 112 Å². The van der Waals surface area contributed by atoms with Crippen molar-refractivity contribution in [2.24, 2.45) is 58.0 Å². The summed E-state index contributed by atoms with van der Waals surface area (Å²) >= 11 is 0. The van der Waals surface area contributed by atoms with Gasteiger partial charge in [-0.15, -0.1) is 12.4 Å². The van der Waals surface area contributed by atoms with Gasteiger partial charge in [0.15, 0.2) is 0 Å². The first-order valence-corrected chi connectivity index (χ1v) is 13.0. The Morgan fingerprint density at radius 2 is 1.52 bits per heavy atom. The van der Waals surface area contributed by atoms with Crippen LogP contribution >= 0.6 is 12.4 Å². The number of rotatable bonds is 5. The minimum Gasteiger partial charge on any atom is -0.328 e. The highest BCUT2D eigenvalue weighted by Crippen LogP contribution is 2.68. The first-order chi connectivity index (χ1) is 13.3. The Balaban J connectivity index is 0.00000240. The molecule has 9 atom stereocenters. The van der Waals surface area contributed by atoms with E-state index in [1.165, 1.54) is 77.0 Å². The standard InChI is InChI=1S/C27H49N.ClH/c1-18(2)7-6-8-19(3)23-11-12-24-22-10-9-20-17-21(28)13-15-26(20,4)25(22)14-16-27(23,24)5;/h18-25H,6-17,28H2,1-5H3;1H/t19-,20+,21+,22+,23-,24+,25+,26+,27-;/m1./s1. The summed E-state index contributed by atoms with van der Waals surface area (Å²) in [6.07, 6.45) is 17.5. The van der Waals surface area contributed by atoms with E-state index in [0.29, 0.717) is 16.9 Å². The average molecular weight is 424 g/mol. The molecule has 2 heteroatoms. The summed E-state index contributed by atoms with van der Waals surface area (Å²) in [5.41, 5.74) is 7.64. The molecule has 0 radical (unpaired) electrons. The second kappa shape index (κ2) is 9.01. The van der Waals surface area contributed by atoms with E-state index in [1.54, 1.807) is 0 Å². The monoisotopic (exact) mass is 423 g/mol. The maximum absolute atomic E-state index is 6.39. The summed E-state index contributed by atoms with van der Waals surface area (Å²) in [5, 5.41) is 0. The highest BCUT2D eigenvalue weighted by molar-refractivity contribution is 5.85.